The number of ether oxygens (including phenoxy) is 1. The minimum absolute atomic E-state index is 0.340. The molecule has 1 N–H and O–H groups in total. The molecule has 0 aromatic carbocycles. The Bertz CT molecular complexity index is 515. The molecular formula is C11H14N4O2. The number of H-pyrrole nitrogens is 1. The smallest absolute Gasteiger partial charge is 0.356 e. The first kappa shape index (κ1) is 11.4. The van der Waals surface area contributed by atoms with Crippen molar-refractivity contribution in [3.63, 3.8) is 0 Å². The fourth-order valence-electron chi connectivity index (χ4n) is 1.59. The van der Waals surface area contributed by atoms with Gasteiger partial charge < -0.3 is 9.72 Å². The first-order valence-electron chi connectivity index (χ1n) is 5.41. The number of hydrogen-bond acceptors (Lipinski definition) is 4. The summed E-state index contributed by atoms with van der Waals surface area (Å²) in [6.45, 7) is 2.89. The summed E-state index contributed by atoms with van der Waals surface area (Å²) in [5.41, 5.74) is 1.20. The van der Waals surface area contributed by atoms with Crippen molar-refractivity contribution in [3.05, 3.63) is 24.2 Å². The van der Waals surface area contributed by atoms with Crippen LogP contribution in [0.3, 0.4) is 0 Å². The topological polar surface area (TPSA) is 72.8 Å². The van der Waals surface area contributed by atoms with E-state index >= 15 is 0 Å². The number of hydrogen-bond donors (Lipinski definition) is 1. The van der Waals surface area contributed by atoms with Gasteiger partial charge in [-0.05, 0) is 12.5 Å². The first-order valence-corrected chi connectivity index (χ1v) is 5.41. The number of methoxy groups -OCH3 is 1. The largest absolute Gasteiger partial charge is 0.464 e. The Morgan fingerprint density at radius 2 is 2.41 bits per heavy atom. The molecule has 17 heavy (non-hydrogen) atoms. The molecule has 0 atom stereocenters. The van der Waals surface area contributed by atoms with E-state index in [1.165, 1.54) is 13.3 Å². The third-order valence-corrected chi connectivity index (χ3v) is 2.38. The third-order valence-electron chi connectivity index (χ3n) is 2.38. The molecule has 0 spiro atoms. The van der Waals surface area contributed by atoms with Gasteiger partial charge in [-0.25, -0.2) is 9.78 Å². The van der Waals surface area contributed by atoms with Crippen molar-refractivity contribution in [3.8, 4) is 11.5 Å². The molecule has 0 saturated carbocycles. The zero-order chi connectivity index (χ0) is 12.3. The van der Waals surface area contributed by atoms with Crippen molar-refractivity contribution in [2.75, 3.05) is 7.11 Å². The number of imidazole rings is 1. The van der Waals surface area contributed by atoms with E-state index in [-0.39, 0.29) is 0 Å². The molecule has 2 heterocycles. The first-order chi connectivity index (χ1) is 8.26. The summed E-state index contributed by atoms with van der Waals surface area (Å²) in [6, 6.07) is 1.86. The van der Waals surface area contributed by atoms with E-state index < -0.39 is 5.97 Å². The van der Waals surface area contributed by atoms with Crippen LogP contribution in [0.25, 0.3) is 11.5 Å². The minimum atomic E-state index is -0.426. The fraction of sp³-hybridized carbons (Fsp3) is 0.364. The lowest BCUT2D eigenvalue weighted by molar-refractivity contribution is 0.0595. The van der Waals surface area contributed by atoms with Crippen molar-refractivity contribution in [1.82, 2.24) is 19.7 Å². The Kier molecular flexibility index (Phi) is 3.22. The van der Waals surface area contributed by atoms with Crippen LogP contribution in [-0.2, 0) is 11.3 Å². The van der Waals surface area contributed by atoms with Crippen LogP contribution in [0.15, 0.2) is 18.5 Å². The van der Waals surface area contributed by atoms with Gasteiger partial charge in [0.1, 0.15) is 11.4 Å². The second-order valence-electron chi connectivity index (χ2n) is 3.58. The molecule has 0 unspecified atom stereocenters. The molecule has 0 aliphatic carbocycles. The molecule has 0 bridgehead atoms. The van der Waals surface area contributed by atoms with E-state index in [2.05, 4.69) is 26.7 Å². The number of aryl methyl sites for hydroxylation is 1. The van der Waals surface area contributed by atoms with E-state index in [4.69, 9.17) is 0 Å². The van der Waals surface area contributed by atoms with Crippen molar-refractivity contribution in [2.45, 2.75) is 19.9 Å². The van der Waals surface area contributed by atoms with Crippen LogP contribution < -0.4 is 0 Å². The minimum Gasteiger partial charge on any atom is -0.464 e. The van der Waals surface area contributed by atoms with E-state index in [1.54, 1.807) is 6.20 Å². The van der Waals surface area contributed by atoms with Crippen LogP contribution >= 0.6 is 0 Å². The van der Waals surface area contributed by atoms with Crippen molar-refractivity contribution >= 4 is 5.97 Å². The molecule has 0 aliphatic rings. The van der Waals surface area contributed by atoms with Gasteiger partial charge in [0.15, 0.2) is 5.82 Å². The van der Waals surface area contributed by atoms with Crippen LogP contribution in [0.1, 0.15) is 23.8 Å². The number of rotatable bonds is 4. The molecule has 2 aromatic heterocycles. The fourth-order valence-corrected chi connectivity index (χ4v) is 1.59. The van der Waals surface area contributed by atoms with Crippen molar-refractivity contribution < 1.29 is 9.53 Å². The summed E-state index contributed by atoms with van der Waals surface area (Å²) in [5.74, 6) is 0.196. The molecule has 0 fully saturated rings. The summed E-state index contributed by atoms with van der Waals surface area (Å²) in [5, 5.41) is 4.20. The monoisotopic (exact) mass is 234 g/mol. The SMILES string of the molecule is CCCn1nccc1-c1ncc(C(=O)OC)[nH]1. The van der Waals surface area contributed by atoms with E-state index in [0.29, 0.717) is 11.5 Å². The molecule has 0 amide bonds. The van der Waals surface area contributed by atoms with E-state index in [0.717, 1.165) is 18.7 Å². The van der Waals surface area contributed by atoms with Gasteiger partial charge >= 0.3 is 5.97 Å². The number of nitrogens with zero attached hydrogens (tertiary/aromatic N) is 3. The molecule has 6 nitrogen and oxygen atoms in total. The molecule has 0 aliphatic heterocycles. The average molecular weight is 234 g/mol. The number of carbonyl (C=O) groups is 1. The number of aromatic amines is 1. The Morgan fingerprint density at radius 3 is 3.12 bits per heavy atom. The van der Waals surface area contributed by atoms with E-state index in [1.807, 2.05) is 10.7 Å². The van der Waals surface area contributed by atoms with Gasteiger partial charge in [0, 0.05) is 12.7 Å². The summed E-state index contributed by atoms with van der Waals surface area (Å²) in [6.07, 6.45) is 4.16. The van der Waals surface area contributed by atoms with Gasteiger partial charge in [-0.15, -0.1) is 0 Å². The van der Waals surface area contributed by atoms with E-state index in [9.17, 15) is 4.79 Å². The van der Waals surface area contributed by atoms with Gasteiger partial charge in [0.25, 0.3) is 0 Å². The van der Waals surface area contributed by atoms with Gasteiger partial charge in [-0.3, -0.25) is 4.68 Å². The molecule has 2 aromatic rings. The molecule has 6 heteroatoms. The van der Waals surface area contributed by atoms with Gasteiger partial charge in [0.2, 0.25) is 0 Å². The average Bonchev–Trinajstić information content (AvgIpc) is 2.96. The predicted octanol–water partition coefficient (Wildman–Crippen LogP) is 1.47. The number of aromatic nitrogens is 4. The Hall–Kier alpha value is -2.11. The lowest BCUT2D eigenvalue weighted by atomic mass is 10.4. The highest BCUT2D eigenvalue weighted by molar-refractivity contribution is 5.87. The Labute approximate surface area is 98.6 Å². The summed E-state index contributed by atoms with van der Waals surface area (Å²) in [7, 11) is 1.34. The van der Waals surface area contributed by atoms with Crippen LogP contribution in [0, 0.1) is 0 Å². The van der Waals surface area contributed by atoms with Crippen molar-refractivity contribution in [1.29, 1.82) is 0 Å². The Morgan fingerprint density at radius 1 is 1.59 bits per heavy atom. The number of esters is 1. The summed E-state index contributed by atoms with van der Waals surface area (Å²) in [4.78, 5) is 18.4. The Balaban J connectivity index is 2.30. The van der Waals surface area contributed by atoms with Gasteiger partial charge in [-0.1, -0.05) is 6.92 Å². The van der Waals surface area contributed by atoms with Crippen molar-refractivity contribution in [2.24, 2.45) is 0 Å². The molecule has 0 saturated heterocycles. The van der Waals surface area contributed by atoms with Crippen LogP contribution in [0.4, 0.5) is 0 Å². The van der Waals surface area contributed by atoms with Gasteiger partial charge in [0.05, 0.1) is 13.3 Å². The lowest BCUT2D eigenvalue weighted by Gasteiger charge is -2.02. The van der Waals surface area contributed by atoms with Crippen LogP contribution in [0.5, 0.6) is 0 Å². The standard InChI is InChI=1S/C11H14N4O2/c1-3-6-15-9(4-5-13-15)10-12-7-8(14-10)11(16)17-2/h4-5,7H,3,6H2,1-2H3,(H,12,14). The van der Waals surface area contributed by atoms with Crippen LogP contribution in [-0.4, -0.2) is 32.8 Å². The maximum atomic E-state index is 11.3. The third kappa shape index (κ3) is 2.20. The summed E-state index contributed by atoms with van der Waals surface area (Å²) < 4.78 is 6.46. The quantitative estimate of drug-likeness (QED) is 0.813. The molecule has 0 radical (unpaired) electrons. The second kappa shape index (κ2) is 4.82. The maximum Gasteiger partial charge on any atom is 0.356 e. The number of carbonyl (C=O) groups excluding carboxylic acids is 1. The lowest BCUT2D eigenvalue weighted by Crippen LogP contribution is -2.03. The highest BCUT2D eigenvalue weighted by Crippen LogP contribution is 2.15. The highest BCUT2D eigenvalue weighted by atomic mass is 16.5. The zero-order valence-corrected chi connectivity index (χ0v) is 9.80. The highest BCUT2D eigenvalue weighted by Gasteiger charge is 2.13. The van der Waals surface area contributed by atoms with Crippen LogP contribution in [0.2, 0.25) is 0 Å². The molecule has 90 valence electrons. The predicted molar refractivity (Wildman–Crippen MR) is 61.4 cm³/mol. The summed E-state index contributed by atoms with van der Waals surface area (Å²) >= 11 is 0. The zero-order valence-electron chi connectivity index (χ0n) is 9.80. The molecular weight excluding hydrogens is 220 g/mol. The maximum absolute atomic E-state index is 11.3. The second-order valence-corrected chi connectivity index (χ2v) is 3.58. The van der Waals surface area contributed by atoms with Gasteiger partial charge in [-0.2, -0.15) is 5.10 Å². The molecule has 2 rings (SSSR count). The number of nitrogens with one attached hydrogen (secondary N) is 1. The normalized spacial score (nSPS) is 10.5.